The molecular formula is C28H45Cl. The van der Waals surface area contributed by atoms with Gasteiger partial charge >= 0.3 is 0 Å². The van der Waals surface area contributed by atoms with E-state index in [9.17, 15) is 0 Å². The molecular weight excluding hydrogens is 372 g/mol. The zero-order chi connectivity index (χ0) is 20.4. The van der Waals surface area contributed by atoms with Crippen molar-refractivity contribution in [2.75, 3.05) is 0 Å². The second-order valence-corrected chi connectivity index (χ2v) is 15.0. The summed E-state index contributed by atoms with van der Waals surface area (Å²) in [5.41, 5.74) is 3.67. The number of hydrogen-bond acceptors (Lipinski definition) is 0. The molecule has 0 radical (unpaired) electrons. The maximum atomic E-state index is 7.63. The first-order valence-electron chi connectivity index (χ1n) is 13.3. The van der Waals surface area contributed by atoms with Gasteiger partial charge < -0.3 is 0 Å². The van der Waals surface area contributed by atoms with Crippen molar-refractivity contribution in [3.8, 4) is 0 Å². The Labute approximate surface area is 185 Å². The van der Waals surface area contributed by atoms with Gasteiger partial charge in [0.15, 0.2) is 0 Å². The van der Waals surface area contributed by atoms with Crippen LogP contribution in [-0.2, 0) is 0 Å². The molecule has 0 nitrogen and oxygen atoms in total. The Morgan fingerprint density at radius 2 is 0.966 bits per heavy atom. The van der Waals surface area contributed by atoms with Gasteiger partial charge in [-0.2, -0.15) is 0 Å². The van der Waals surface area contributed by atoms with Crippen molar-refractivity contribution < 1.29 is 0 Å². The Morgan fingerprint density at radius 3 is 1.45 bits per heavy atom. The molecule has 0 N–H and O–H groups in total. The molecule has 1 heteroatoms. The Hall–Kier alpha value is 0.290. The van der Waals surface area contributed by atoms with E-state index in [0.717, 1.165) is 5.92 Å². The minimum absolute atomic E-state index is 0.128. The van der Waals surface area contributed by atoms with E-state index in [-0.39, 0.29) is 4.87 Å². The lowest BCUT2D eigenvalue weighted by atomic mass is 9.27. The summed E-state index contributed by atoms with van der Waals surface area (Å²) in [5.74, 6) is 1.03. The first-order valence-corrected chi connectivity index (χ1v) is 13.7. The van der Waals surface area contributed by atoms with Crippen LogP contribution in [0.15, 0.2) is 0 Å². The second-order valence-electron chi connectivity index (χ2n) is 14.2. The number of hydrogen-bond donors (Lipinski definition) is 0. The highest BCUT2D eigenvalue weighted by atomic mass is 35.5. The third kappa shape index (κ3) is 2.40. The van der Waals surface area contributed by atoms with Gasteiger partial charge in [-0.3, -0.25) is 0 Å². The molecule has 8 fully saturated rings. The lowest BCUT2D eigenvalue weighted by Crippen LogP contribution is -2.70. The van der Waals surface area contributed by atoms with E-state index in [4.69, 9.17) is 11.6 Å². The Balaban J connectivity index is 1.51. The molecule has 8 aliphatic rings. The van der Waals surface area contributed by atoms with Crippen LogP contribution in [0.2, 0.25) is 0 Å². The molecule has 0 aromatic rings. The topological polar surface area (TPSA) is 0 Å². The van der Waals surface area contributed by atoms with E-state index in [2.05, 4.69) is 27.7 Å². The maximum Gasteiger partial charge on any atom is 0.0463 e. The van der Waals surface area contributed by atoms with Gasteiger partial charge in [0.05, 0.1) is 0 Å². The molecule has 164 valence electrons. The minimum atomic E-state index is 0.128. The summed E-state index contributed by atoms with van der Waals surface area (Å²) in [7, 11) is 0. The second kappa shape index (κ2) is 5.61. The van der Waals surface area contributed by atoms with Crippen molar-refractivity contribution in [3.63, 3.8) is 0 Å². The molecule has 29 heavy (non-hydrogen) atoms. The molecule has 8 saturated carbocycles. The predicted octanol–water partition coefficient (Wildman–Crippen LogP) is 8.90. The van der Waals surface area contributed by atoms with Crippen molar-refractivity contribution in [1.29, 1.82) is 0 Å². The fourth-order valence-electron chi connectivity index (χ4n) is 12.5. The molecule has 8 bridgehead atoms. The lowest BCUT2D eigenvalue weighted by molar-refractivity contribution is -0.271. The molecule has 4 unspecified atom stereocenters. The first kappa shape index (κ1) is 19.9. The van der Waals surface area contributed by atoms with E-state index in [1.807, 2.05) is 0 Å². The highest BCUT2D eigenvalue weighted by molar-refractivity contribution is 6.24. The Morgan fingerprint density at radius 1 is 0.517 bits per heavy atom. The van der Waals surface area contributed by atoms with Crippen molar-refractivity contribution in [1.82, 2.24) is 0 Å². The summed E-state index contributed by atoms with van der Waals surface area (Å²) in [5, 5.41) is 0. The van der Waals surface area contributed by atoms with Gasteiger partial charge in [-0.1, -0.05) is 53.4 Å². The summed E-state index contributed by atoms with van der Waals surface area (Å²) in [6, 6.07) is 0. The van der Waals surface area contributed by atoms with Crippen molar-refractivity contribution in [2.45, 2.75) is 135 Å². The van der Waals surface area contributed by atoms with Crippen LogP contribution >= 0.6 is 11.6 Å². The molecule has 0 aliphatic heterocycles. The standard InChI is InChI=1S/C28H45Cl/c1-5-22-9-21-10-23(6-2,12-22)15-26(11-21,14-22)27-16-24(7-3)13-25(8-4,17-27)19-28(29,18-24)20-27/h21H,5-20H2,1-4H3. The van der Waals surface area contributed by atoms with Crippen LogP contribution in [0.3, 0.4) is 0 Å². The van der Waals surface area contributed by atoms with Crippen LogP contribution < -0.4 is 0 Å². The average molecular weight is 417 g/mol. The normalized spacial score (nSPS) is 62.2. The summed E-state index contributed by atoms with van der Waals surface area (Å²) in [4.78, 5) is 0.128. The third-order valence-electron chi connectivity index (χ3n) is 12.6. The van der Waals surface area contributed by atoms with Crippen molar-refractivity contribution in [3.05, 3.63) is 0 Å². The molecule has 8 rings (SSSR count). The van der Waals surface area contributed by atoms with Crippen LogP contribution in [-0.4, -0.2) is 4.87 Å². The fraction of sp³-hybridized carbons (Fsp3) is 1.00. The lowest BCUT2D eigenvalue weighted by Gasteiger charge is -2.78. The van der Waals surface area contributed by atoms with Gasteiger partial charge in [0, 0.05) is 4.87 Å². The van der Waals surface area contributed by atoms with Crippen LogP contribution in [0.5, 0.6) is 0 Å². The molecule has 4 atom stereocenters. The SMILES string of the molecule is CCC12CC3CC(CC)(C1)CC(C14CC5(Cl)CC(CC)(CC(CC)(C5)C1)C4)(C3)C2. The quantitative estimate of drug-likeness (QED) is 0.392. The molecule has 0 saturated heterocycles. The summed E-state index contributed by atoms with van der Waals surface area (Å²) in [6.45, 7) is 10.1. The van der Waals surface area contributed by atoms with Gasteiger partial charge in [-0.25, -0.2) is 0 Å². The molecule has 0 spiro atoms. The zero-order valence-electron chi connectivity index (χ0n) is 19.8. The largest absolute Gasteiger partial charge is 0.119 e. The Kier molecular flexibility index (Phi) is 3.86. The van der Waals surface area contributed by atoms with Crippen molar-refractivity contribution in [2.24, 2.45) is 38.4 Å². The molecule has 8 aliphatic carbocycles. The van der Waals surface area contributed by atoms with Crippen molar-refractivity contribution >= 4 is 11.6 Å². The number of alkyl halides is 1. The first-order chi connectivity index (χ1) is 13.6. The highest BCUT2D eigenvalue weighted by Gasteiger charge is 2.75. The van der Waals surface area contributed by atoms with Crippen LogP contribution in [0, 0.1) is 38.4 Å². The van der Waals surface area contributed by atoms with Gasteiger partial charge in [-0.05, 0) is 115 Å². The van der Waals surface area contributed by atoms with Crippen LogP contribution in [0.1, 0.15) is 130 Å². The summed E-state index contributed by atoms with van der Waals surface area (Å²) < 4.78 is 0. The molecule has 0 aromatic carbocycles. The van der Waals surface area contributed by atoms with E-state index in [1.54, 1.807) is 51.4 Å². The minimum Gasteiger partial charge on any atom is -0.119 e. The smallest absolute Gasteiger partial charge is 0.0463 e. The molecule has 0 heterocycles. The van der Waals surface area contributed by atoms with E-state index < -0.39 is 0 Å². The van der Waals surface area contributed by atoms with Gasteiger partial charge in [0.1, 0.15) is 0 Å². The number of halogens is 1. The predicted molar refractivity (Wildman–Crippen MR) is 123 cm³/mol. The van der Waals surface area contributed by atoms with Crippen LogP contribution in [0.25, 0.3) is 0 Å². The van der Waals surface area contributed by atoms with E-state index in [0.29, 0.717) is 32.5 Å². The fourth-order valence-corrected chi connectivity index (χ4v) is 13.3. The average Bonchev–Trinajstić information content (AvgIpc) is 2.65. The van der Waals surface area contributed by atoms with Gasteiger partial charge in [0.2, 0.25) is 0 Å². The molecule has 0 aromatic heterocycles. The zero-order valence-corrected chi connectivity index (χ0v) is 20.5. The van der Waals surface area contributed by atoms with Crippen LogP contribution in [0.4, 0.5) is 0 Å². The molecule has 0 amide bonds. The number of rotatable bonds is 5. The van der Waals surface area contributed by atoms with E-state index >= 15 is 0 Å². The van der Waals surface area contributed by atoms with E-state index in [1.165, 1.54) is 51.4 Å². The summed E-state index contributed by atoms with van der Waals surface area (Å²) in [6.07, 6.45) is 23.6. The monoisotopic (exact) mass is 416 g/mol. The third-order valence-corrected chi connectivity index (χ3v) is 13.0. The Bertz CT molecular complexity index is 680. The van der Waals surface area contributed by atoms with Gasteiger partial charge in [-0.15, -0.1) is 11.6 Å². The maximum absolute atomic E-state index is 7.63. The summed E-state index contributed by atoms with van der Waals surface area (Å²) >= 11 is 7.63. The highest BCUT2D eigenvalue weighted by Crippen LogP contribution is 2.84. The van der Waals surface area contributed by atoms with Gasteiger partial charge in [0.25, 0.3) is 0 Å².